The van der Waals surface area contributed by atoms with Gasteiger partial charge in [0.15, 0.2) is 5.82 Å². The van der Waals surface area contributed by atoms with E-state index in [0.717, 1.165) is 0 Å². The smallest absolute Gasteiger partial charge is 0.348 e. The van der Waals surface area contributed by atoms with Gasteiger partial charge in [0.2, 0.25) is 0 Å². The molecule has 0 aliphatic rings. The monoisotopic (exact) mass is 291 g/mol. The molecule has 1 N–H and O–H groups in total. The largest absolute Gasteiger partial charge is 0.492 e. The van der Waals surface area contributed by atoms with E-state index >= 15 is 0 Å². The summed E-state index contributed by atoms with van der Waals surface area (Å²) in [7, 11) is 0. The van der Waals surface area contributed by atoms with Crippen LogP contribution in [0.15, 0.2) is 29.1 Å². The Morgan fingerprint density at radius 3 is 2.67 bits per heavy atom. The van der Waals surface area contributed by atoms with Crippen molar-refractivity contribution in [2.24, 2.45) is 0 Å². The molecule has 0 saturated carbocycles. The van der Waals surface area contributed by atoms with Gasteiger partial charge in [-0.1, -0.05) is 12.1 Å². The first-order valence-electron chi connectivity index (χ1n) is 7.09. The maximum atomic E-state index is 12.1. The highest BCUT2D eigenvalue weighted by molar-refractivity contribution is 5.47. The van der Waals surface area contributed by atoms with Crippen molar-refractivity contribution in [3.05, 3.63) is 40.6 Å². The summed E-state index contributed by atoms with van der Waals surface area (Å²) in [6, 6.07) is 7.38. The van der Waals surface area contributed by atoms with E-state index in [-0.39, 0.29) is 17.9 Å². The van der Waals surface area contributed by atoms with E-state index in [9.17, 15) is 4.79 Å². The van der Waals surface area contributed by atoms with Gasteiger partial charge >= 0.3 is 5.69 Å². The normalized spacial score (nSPS) is 12.6. The van der Waals surface area contributed by atoms with Crippen LogP contribution in [0.2, 0.25) is 0 Å². The van der Waals surface area contributed by atoms with Crippen molar-refractivity contribution in [2.45, 2.75) is 39.9 Å². The molecule has 1 aromatic carbocycles. The number of nitrogens with zero attached hydrogens (tertiary/aromatic N) is 2. The van der Waals surface area contributed by atoms with E-state index in [1.54, 1.807) is 0 Å². The van der Waals surface area contributed by atoms with Crippen LogP contribution in [0.1, 0.15) is 39.6 Å². The van der Waals surface area contributed by atoms with Crippen LogP contribution in [-0.4, -0.2) is 27.5 Å². The van der Waals surface area contributed by atoms with Crippen molar-refractivity contribution in [1.82, 2.24) is 14.8 Å². The maximum absolute atomic E-state index is 12.1. The molecule has 0 saturated heterocycles. The number of aromatic nitrogens is 3. The molecular formula is C15H21N3O3. The second-order valence-electron chi connectivity index (χ2n) is 4.95. The first-order chi connectivity index (χ1) is 10.0. The fourth-order valence-corrected chi connectivity index (χ4v) is 2.20. The molecule has 0 spiro atoms. The standard InChI is InChI=1S/C15H21N3O3/c1-5-20-13-9-7-6-8-12(13)18-14(16-17-15(18)19)11(4)21-10(2)3/h6-11H,5H2,1-4H3,(H,17,19). The van der Waals surface area contributed by atoms with Gasteiger partial charge in [-0.15, -0.1) is 0 Å². The SMILES string of the molecule is CCOc1ccccc1-n1c(C(C)OC(C)C)n[nH]c1=O. The highest BCUT2D eigenvalue weighted by Crippen LogP contribution is 2.25. The Morgan fingerprint density at radius 1 is 1.29 bits per heavy atom. The van der Waals surface area contributed by atoms with Gasteiger partial charge in [0, 0.05) is 0 Å². The van der Waals surface area contributed by atoms with Crippen molar-refractivity contribution < 1.29 is 9.47 Å². The Morgan fingerprint density at radius 2 is 2.00 bits per heavy atom. The molecule has 6 heteroatoms. The molecule has 1 unspecified atom stereocenters. The van der Waals surface area contributed by atoms with Crippen LogP contribution >= 0.6 is 0 Å². The van der Waals surface area contributed by atoms with Crippen LogP contribution in [0.25, 0.3) is 5.69 Å². The third-order valence-corrected chi connectivity index (χ3v) is 2.94. The van der Waals surface area contributed by atoms with Gasteiger partial charge in [0.1, 0.15) is 11.9 Å². The molecule has 0 fully saturated rings. The summed E-state index contributed by atoms with van der Waals surface area (Å²) in [5.74, 6) is 1.17. The van der Waals surface area contributed by atoms with Gasteiger partial charge in [-0.25, -0.2) is 14.5 Å². The number of nitrogens with one attached hydrogen (secondary N) is 1. The summed E-state index contributed by atoms with van der Waals surface area (Å²) >= 11 is 0. The number of hydrogen-bond acceptors (Lipinski definition) is 4. The Kier molecular flexibility index (Phi) is 4.80. The molecule has 0 radical (unpaired) electrons. The van der Waals surface area contributed by atoms with Crippen molar-refractivity contribution in [3.8, 4) is 11.4 Å². The molecule has 1 atom stereocenters. The minimum atomic E-state index is -0.309. The van der Waals surface area contributed by atoms with E-state index < -0.39 is 0 Å². The van der Waals surface area contributed by atoms with E-state index in [1.165, 1.54) is 4.57 Å². The van der Waals surface area contributed by atoms with E-state index in [2.05, 4.69) is 10.2 Å². The molecule has 1 heterocycles. The summed E-state index contributed by atoms with van der Waals surface area (Å²) in [5.41, 5.74) is 0.351. The lowest BCUT2D eigenvalue weighted by atomic mass is 10.2. The van der Waals surface area contributed by atoms with Gasteiger partial charge in [-0.3, -0.25) is 0 Å². The van der Waals surface area contributed by atoms with Crippen LogP contribution in [0, 0.1) is 0 Å². The summed E-state index contributed by atoms with van der Waals surface area (Å²) in [4.78, 5) is 12.1. The quantitative estimate of drug-likeness (QED) is 0.887. The van der Waals surface area contributed by atoms with Gasteiger partial charge in [-0.05, 0) is 39.8 Å². The number of H-pyrrole nitrogens is 1. The third kappa shape index (κ3) is 3.33. The summed E-state index contributed by atoms with van der Waals surface area (Å²) in [5, 5.41) is 6.57. The summed E-state index contributed by atoms with van der Waals surface area (Å²) in [6.07, 6.45) is -0.263. The number of benzene rings is 1. The highest BCUT2D eigenvalue weighted by atomic mass is 16.5. The van der Waals surface area contributed by atoms with Gasteiger partial charge in [-0.2, -0.15) is 5.10 Å². The molecule has 1 aromatic heterocycles. The molecule has 0 amide bonds. The third-order valence-electron chi connectivity index (χ3n) is 2.94. The maximum Gasteiger partial charge on any atom is 0.348 e. The fourth-order valence-electron chi connectivity index (χ4n) is 2.20. The van der Waals surface area contributed by atoms with Crippen molar-refractivity contribution >= 4 is 0 Å². The Labute approximate surface area is 123 Å². The van der Waals surface area contributed by atoms with Gasteiger partial charge < -0.3 is 9.47 Å². The van der Waals surface area contributed by atoms with E-state index in [1.807, 2.05) is 52.0 Å². The topological polar surface area (TPSA) is 69.1 Å². The van der Waals surface area contributed by atoms with E-state index in [0.29, 0.717) is 23.9 Å². The zero-order chi connectivity index (χ0) is 15.4. The molecule has 2 rings (SSSR count). The molecule has 2 aromatic rings. The average Bonchev–Trinajstić information content (AvgIpc) is 2.81. The first-order valence-corrected chi connectivity index (χ1v) is 7.09. The number of aromatic amines is 1. The Balaban J connectivity index is 2.49. The Hall–Kier alpha value is -2.08. The van der Waals surface area contributed by atoms with Crippen molar-refractivity contribution in [2.75, 3.05) is 6.61 Å². The molecule has 0 aliphatic carbocycles. The minimum Gasteiger partial charge on any atom is -0.492 e. The zero-order valence-electron chi connectivity index (χ0n) is 12.8. The molecule has 0 bridgehead atoms. The average molecular weight is 291 g/mol. The van der Waals surface area contributed by atoms with Gasteiger partial charge in [0.05, 0.1) is 18.4 Å². The van der Waals surface area contributed by atoms with Crippen molar-refractivity contribution in [1.29, 1.82) is 0 Å². The lowest BCUT2D eigenvalue weighted by Gasteiger charge is -2.17. The number of hydrogen-bond donors (Lipinski definition) is 1. The van der Waals surface area contributed by atoms with Crippen LogP contribution in [0.5, 0.6) is 5.75 Å². The Bertz CT molecular complexity index is 646. The lowest BCUT2D eigenvalue weighted by molar-refractivity contribution is 0.0118. The predicted molar refractivity (Wildman–Crippen MR) is 80.0 cm³/mol. The van der Waals surface area contributed by atoms with Crippen LogP contribution in [0.4, 0.5) is 0 Å². The van der Waals surface area contributed by atoms with Crippen LogP contribution in [-0.2, 0) is 4.74 Å². The molecule has 21 heavy (non-hydrogen) atoms. The second kappa shape index (κ2) is 6.58. The van der Waals surface area contributed by atoms with Crippen molar-refractivity contribution in [3.63, 3.8) is 0 Å². The fraction of sp³-hybridized carbons (Fsp3) is 0.467. The number of ether oxygens (including phenoxy) is 2. The molecular weight excluding hydrogens is 270 g/mol. The predicted octanol–water partition coefficient (Wildman–Crippen LogP) is 2.45. The van der Waals surface area contributed by atoms with Gasteiger partial charge in [0.25, 0.3) is 0 Å². The second-order valence-corrected chi connectivity index (χ2v) is 4.95. The molecule has 6 nitrogen and oxygen atoms in total. The van der Waals surface area contributed by atoms with Crippen LogP contribution in [0.3, 0.4) is 0 Å². The lowest BCUT2D eigenvalue weighted by Crippen LogP contribution is -2.20. The number of rotatable bonds is 6. The summed E-state index contributed by atoms with van der Waals surface area (Å²) in [6.45, 7) is 8.19. The summed E-state index contributed by atoms with van der Waals surface area (Å²) < 4.78 is 12.8. The van der Waals surface area contributed by atoms with E-state index in [4.69, 9.17) is 9.47 Å². The number of para-hydroxylation sites is 2. The van der Waals surface area contributed by atoms with Crippen LogP contribution < -0.4 is 10.4 Å². The highest BCUT2D eigenvalue weighted by Gasteiger charge is 2.20. The molecule has 114 valence electrons. The molecule has 0 aliphatic heterocycles. The zero-order valence-corrected chi connectivity index (χ0v) is 12.8. The minimum absolute atomic E-state index is 0.0439. The first kappa shape index (κ1) is 15.3.